The Morgan fingerprint density at radius 2 is 2.00 bits per heavy atom. The predicted molar refractivity (Wildman–Crippen MR) is 105 cm³/mol. The molecule has 0 radical (unpaired) electrons. The molecular formula is C17H28IN3O2. The van der Waals surface area contributed by atoms with Crippen LogP contribution in [0, 0.1) is 0 Å². The van der Waals surface area contributed by atoms with Crippen LogP contribution < -0.4 is 10.1 Å². The molecule has 130 valence electrons. The molecule has 1 aliphatic rings. The highest BCUT2D eigenvalue weighted by molar-refractivity contribution is 14.0. The van der Waals surface area contributed by atoms with E-state index in [-0.39, 0.29) is 24.0 Å². The van der Waals surface area contributed by atoms with Crippen molar-refractivity contribution in [1.29, 1.82) is 0 Å². The Balaban J connectivity index is 0.00000264. The van der Waals surface area contributed by atoms with Gasteiger partial charge < -0.3 is 20.1 Å². The van der Waals surface area contributed by atoms with E-state index in [1.54, 1.807) is 7.11 Å². The summed E-state index contributed by atoms with van der Waals surface area (Å²) >= 11 is 0. The molecule has 0 aromatic heterocycles. The van der Waals surface area contributed by atoms with Gasteiger partial charge in [-0.2, -0.15) is 0 Å². The average molecular weight is 433 g/mol. The maximum absolute atomic E-state index is 10.2. The van der Waals surface area contributed by atoms with Crippen molar-refractivity contribution >= 4 is 29.9 Å². The molecule has 0 amide bonds. The molecule has 1 aliphatic carbocycles. The van der Waals surface area contributed by atoms with Gasteiger partial charge in [0.2, 0.25) is 0 Å². The number of methoxy groups -OCH3 is 1. The Kier molecular flexibility index (Phi) is 8.11. The van der Waals surface area contributed by atoms with E-state index in [0.29, 0.717) is 6.54 Å². The molecule has 0 spiro atoms. The minimum atomic E-state index is -0.582. The number of nitrogens with zero attached hydrogens (tertiary/aromatic N) is 2. The highest BCUT2D eigenvalue weighted by atomic mass is 127. The molecule has 6 heteroatoms. The van der Waals surface area contributed by atoms with Gasteiger partial charge in [0.25, 0.3) is 0 Å². The normalized spacial score (nSPS) is 16.1. The van der Waals surface area contributed by atoms with Crippen molar-refractivity contribution in [2.75, 3.05) is 27.2 Å². The van der Waals surface area contributed by atoms with E-state index in [0.717, 1.165) is 44.1 Å². The Bertz CT molecular complexity index is 501. The minimum Gasteiger partial charge on any atom is -0.497 e. The average Bonchev–Trinajstić information content (AvgIpc) is 2.50. The lowest BCUT2D eigenvalue weighted by molar-refractivity contribution is -0.0237. The SMILES string of the molecule is CCNC(=NCC1(O)CCC1)N(C)Cc1ccc(OC)cc1.I. The second kappa shape index (κ2) is 9.32. The summed E-state index contributed by atoms with van der Waals surface area (Å²) in [6.45, 7) is 4.09. The van der Waals surface area contributed by atoms with Gasteiger partial charge in [-0.25, -0.2) is 0 Å². The number of aliphatic imine (C=N–C) groups is 1. The molecule has 0 saturated heterocycles. The van der Waals surface area contributed by atoms with Crippen LogP contribution in [0.5, 0.6) is 5.75 Å². The molecule has 23 heavy (non-hydrogen) atoms. The molecule has 0 atom stereocenters. The summed E-state index contributed by atoms with van der Waals surface area (Å²) in [4.78, 5) is 6.67. The largest absolute Gasteiger partial charge is 0.497 e. The second-order valence-corrected chi connectivity index (χ2v) is 5.95. The number of ether oxygens (including phenoxy) is 1. The van der Waals surface area contributed by atoms with E-state index < -0.39 is 5.60 Å². The van der Waals surface area contributed by atoms with Gasteiger partial charge in [-0.1, -0.05) is 12.1 Å². The number of rotatable bonds is 6. The Morgan fingerprint density at radius 3 is 2.48 bits per heavy atom. The zero-order valence-corrected chi connectivity index (χ0v) is 16.5. The highest BCUT2D eigenvalue weighted by Gasteiger charge is 2.34. The van der Waals surface area contributed by atoms with Crippen LogP contribution in [-0.4, -0.2) is 48.8 Å². The van der Waals surface area contributed by atoms with Crippen molar-refractivity contribution in [3.8, 4) is 5.75 Å². The van der Waals surface area contributed by atoms with Crippen LogP contribution in [0.25, 0.3) is 0 Å². The monoisotopic (exact) mass is 433 g/mol. The van der Waals surface area contributed by atoms with Crippen molar-refractivity contribution < 1.29 is 9.84 Å². The highest BCUT2D eigenvalue weighted by Crippen LogP contribution is 2.31. The lowest BCUT2D eigenvalue weighted by Gasteiger charge is -2.35. The second-order valence-electron chi connectivity index (χ2n) is 5.95. The standard InChI is InChI=1S/C17H27N3O2.HI/c1-4-18-16(19-13-17(21)10-5-11-17)20(2)12-14-6-8-15(22-3)9-7-14;/h6-9,21H,4-5,10-13H2,1-3H3,(H,18,19);1H. The smallest absolute Gasteiger partial charge is 0.194 e. The molecule has 1 saturated carbocycles. The maximum Gasteiger partial charge on any atom is 0.194 e. The summed E-state index contributed by atoms with van der Waals surface area (Å²) in [6, 6.07) is 8.03. The van der Waals surface area contributed by atoms with E-state index in [4.69, 9.17) is 4.74 Å². The number of guanidine groups is 1. The third-order valence-electron chi connectivity index (χ3n) is 4.08. The Hall–Kier alpha value is -1.02. The van der Waals surface area contributed by atoms with Gasteiger partial charge in [-0.05, 0) is 43.9 Å². The van der Waals surface area contributed by atoms with Crippen LogP contribution in [0.15, 0.2) is 29.3 Å². The third kappa shape index (κ3) is 5.84. The van der Waals surface area contributed by atoms with Crippen molar-refractivity contribution in [1.82, 2.24) is 10.2 Å². The topological polar surface area (TPSA) is 57.1 Å². The summed E-state index contributed by atoms with van der Waals surface area (Å²) in [5.74, 6) is 1.69. The molecule has 0 unspecified atom stereocenters. The maximum atomic E-state index is 10.2. The summed E-state index contributed by atoms with van der Waals surface area (Å²) < 4.78 is 5.18. The van der Waals surface area contributed by atoms with Gasteiger partial charge in [0.05, 0.1) is 19.3 Å². The van der Waals surface area contributed by atoms with Crippen molar-refractivity contribution in [2.24, 2.45) is 4.99 Å². The molecule has 2 rings (SSSR count). The molecule has 2 N–H and O–H groups in total. The summed E-state index contributed by atoms with van der Waals surface area (Å²) in [6.07, 6.45) is 2.82. The Labute approximate surface area is 156 Å². The number of aliphatic hydroxyl groups is 1. The van der Waals surface area contributed by atoms with Crippen LogP contribution in [0.1, 0.15) is 31.7 Å². The van der Waals surface area contributed by atoms with Gasteiger partial charge in [0.1, 0.15) is 5.75 Å². The fourth-order valence-corrected chi connectivity index (χ4v) is 2.51. The molecule has 1 aromatic rings. The Morgan fingerprint density at radius 1 is 1.35 bits per heavy atom. The van der Waals surface area contributed by atoms with Crippen LogP contribution in [-0.2, 0) is 6.54 Å². The molecule has 0 heterocycles. The first-order valence-electron chi connectivity index (χ1n) is 7.91. The first kappa shape index (κ1) is 20.0. The van der Waals surface area contributed by atoms with Gasteiger partial charge in [-0.3, -0.25) is 4.99 Å². The lowest BCUT2D eigenvalue weighted by Crippen LogP contribution is -2.43. The number of halogens is 1. The van der Waals surface area contributed by atoms with E-state index in [2.05, 4.69) is 34.3 Å². The van der Waals surface area contributed by atoms with Crippen LogP contribution in [0.4, 0.5) is 0 Å². The van der Waals surface area contributed by atoms with Crippen LogP contribution in [0.2, 0.25) is 0 Å². The zero-order valence-electron chi connectivity index (χ0n) is 14.2. The third-order valence-corrected chi connectivity index (χ3v) is 4.08. The van der Waals surface area contributed by atoms with Gasteiger partial charge >= 0.3 is 0 Å². The van der Waals surface area contributed by atoms with E-state index in [9.17, 15) is 5.11 Å². The minimum absolute atomic E-state index is 0. The van der Waals surface area contributed by atoms with E-state index in [1.807, 2.05) is 19.2 Å². The van der Waals surface area contributed by atoms with Crippen molar-refractivity contribution in [3.05, 3.63) is 29.8 Å². The van der Waals surface area contributed by atoms with Gasteiger partial charge in [0.15, 0.2) is 5.96 Å². The predicted octanol–water partition coefficient (Wildman–Crippen LogP) is 2.63. The first-order valence-corrected chi connectivity index (χ1v) is 7.91. The molecule has 5 nitrogen and oxygen atoms in total. The number of hydrogen-bond acceptors (Lipinski definition) is 3. The molecule has 1 aromatic carbocycles. The van der Waals surface area contributed by atoms with Crippen molar-refractivity contribution in [2.45, 2.75) is 38.3 Å². The number of hydrogen-bond donors (Lipinski definition) is 2. The summed E-state index contributed by atoms with van der Waals surface area (Å²) in [7, 11) is 3.68. The first-order chi connectivity index (χ1) is 10.6. The summed E-state index contributed by atoms with van der Waals surface area (Å²) in [5, 5.41) is 13.5. The lowest BCUT2D eigenvalue weighted by atomic mass is 9.80. The quantitative estimate of drug-likeness (QED) is 0.412. The van der Waals surface area contributed by atoms with Crippen LogP contribution >= 0.6 is 24.0 Å². The van der Waals surface area contributed by atoms with Gasteiger partial charge in [-0.15, -0.1) is 24.0 Å². The van der Waals surface area contributed by atoms with E-state index in [1.165, 1.54) is 5.56 Å². The molecule has 1 fully saturated rings. The molecular weight excluding hydrogens is 405 g/mol. The van der Waals surface area contributed by atoms with Crippen LogP contribution in [0.3, 0.4) is 0 Å². The number of nitrogens with one attached hydrogen (secondary N) is 1. The van der Waals surface area contributed by atoms with E-state index >= 15 is 0 Å². The number of benzene rings is 1. The molecule has 0 aliphatic heterocycles. The molecule has 0 bridgehead atoms. The van der Waals surface area contributed by atoms with Gasteiger partial charge in [0, 0.05) is 20.1 Å². The fourth-order valence-electron chi connectivity index (χ4n) is 2.51. The van der Waals surface area contributed by atoms with Crippen molar-refractivity contribution in [3.63, 3.8) is 0 Å². The fraction of sp³-hybridized carbons (Fsp3) is 0.588. The summed E-state index contributed by atoms with van der Waals surface area (Å²) in [5.41, 5.74) is 0.609. The zero-order chi connectivity index (χ0) is 16.0.